The third-order valence-electron chi connectivity index (χ3n) is 5.61. The fraction of sp³-hybridized carbons (Fsp3) is 0.458. The van der Waals surface area contributed by atoms with E-state index in [2.05, 4.69) is 42.3 Å². The van der Waals surface area contributed by atoms with Crippen LogP contribution in [0.2, 0.25) is 0 Å². The molecule has 2 aromatic carbocycles. The fourth-order valence-electron chi connectivity index (χ4n) is 4.09. The first kappa shape index (κ1) is 20.4. The number of ether oxygens (including phenoxy) is 1. The van der Waals surface area contributed by atoms with Crippen molar-refractivity contribution in [2.24, 2.45) is 0 Å². The van der Waals surface area contributed by atoms with Crippen LogP contribution in [0.3, 0.4) is 0 Å². The van der Waals surface area contributed by atoms with Crippen molar-refractivity contribution in [2.45, 2.75) is 46.1 Å². The molecule has 4 heteroatoms. The number of aryl methyl sites for hydroxylation is 1. The molecule has 1 aliphatic rings. The highest BCUT2D eigenvalue weighted by Gasteiger charge is 2.23. The summed E-state index contributed by atoms with van der Waals surface area (Å²) in [6, 6.07) is 14.5. The van der Waals surface area contributed by atoms with Crippen LogP contribution >= 0.6 is 0 Å². The van der Waals surface area contributed by atoms with E-state index < -0.39 is 0 Å². The van der Waals surface area contributed by atoms with Gasteiger partial charge in [0, 0.05) is 23.7 Å². The molecule has 2 aromatic rings. The summed E-state index contributed by atoms with van der Waals surface area (Å²) in [4.78, 5) is 15.2. The van der Waals surface area contributed by atoms with E-state index in [-0.39, 0.29) is 5.91 Å². The Balaban J connectivity index is 1.78. The van der Waals surface area contributed by atoms with Gasteiger partial charge in [0.25, 0.3) is 5.91 Å². The zero-order chi connectivity index (χ0) is 19.9. The number of benzene rings is 2. The van der Waals surface area contributed by atoms with Crippen molar-refractivity contribution < 1.29 is 9.53 Å². The van der Waals surface area contributed by atoms with E-state index in [1.165, 1.54) is 12.0 Å². The summed E-state index contributed by atoms with van der Waals surface area (Å²) in [6.45, 7) is 9.84. The van der Waals surface area contributed by atoms with Gasteiger partial charge in [0.1, 0.15) is 5.75 Å². The summed E-state index contributed by atoms with van der Waals surface area (Å²) in [5.74, 6) is 0.920. The van der Waals surface area contributed by atoms with E-state index in [0.717, 1.165) is 42.8 Å². The number of hydrogen-bond acceptors (Lipinski definition) is 3. The lowest BCUT2D eigenvalue weighted by molar-refractivity contribution is 0.0941. The maximum atomic E-state index is 12.8. The predicted molar refractivity (Wildman–Crippen MR) is 115 cm³/mol. The fourth-order valence-corrected chi connectivity index (χ4v) is 4.09. The normalized spacial score (nSPS) is 16.9. The topological polar surface area (TPSA) is 41.6 Å². The number of nitrogens with one attached hydrogen (secondary N) is 1. The van der Waals surface area contributed by atoms with Crippen molar-refractivity contribution in [3.63, 3.8) is 0 Å². The number of carbonyl (C=O) groups excluding carboxylic acids is 1. The lowest BCUT2D eigenvalue weighted by Crippen LogP contribution is -2.40. The molecule has 1 aliphatic heterocycles. The van der Waals surface area contributed by atoms with Crippen molar-refractivity contribution in [1.29, 1.82) is 0 Å². The zero-order valence-electron chi connectivity index (χ0n) is 17.3. The molecule has 1 saturated heterocycles. The van der Waals surface area contributed by atoms with Gasteiger partial charge >= 0.3 is 0 Å². The minimum Gasteiger partial charge on any atom is -0.493 e. The van der Waals surface area contributed by atoms with Crippen LogP contribution in [-0.4, -0.2) is 43.1 Å². The molecule has 0 aliphatic carbocycles. The quantitative estimate of drug-likeness (QED) is 0.732. The number of hydrogen-bond donors (Lipinski definition) is 1. The largest absolute Gasteiger partial charge is 0.493 e. The monoisotopic (exact) mass is 380 g/mol. The summed E-state index contributed by atoms with van der Waals surface area (Å²) < 4.78 is 5.95. The van der Waals surface area contributed by atoms with E-state index in [1.807, 2.05) is 31.2 Å². The second-order valence-electron chi connectivity index (χ2n) is 7.30. The third kappa shape index (κ3) is 4.56. The molecule has 0 spiro atoms. The predicted octanol–water partition coefficient (Wildman–Crippen LogP) is 4.53. The number of likely N-dealkylation sites (tertiary alicyclic amines) is 1. The molecule has 3 rings (SSSR count). The van der Waals surface area contributed by atoms with Gasteiger partial charge in [-0.3, -0.25) is 9.69 Å². The summed E-state index contributed by atoms with van der Waals surface area (Å²) in [6.07, 6.45) is 3.30. The molecule has 1 atom stereocenters. The van der Waals surface area contributed by atoms with E-state index in [9.17, 15) is 4.79 Å². The Kier molecular flexibility index (Phi) is 7.10. The van der Waals surface area contributed by atoms with Crippen LogP contribution in [0.1, 0.15) is 49.5 Å². The molecule has 28 heavy (non-hydrogen) atoms. The Hall–Kier alpha value is -2.33. The number of para-hydroxylation sites is 1. The third-order valence-corrected chi connectivity index (χ3v) is 5.61. The van der Waals surface area contributed by atoms with E-state index in [1.54, 1.807) is 0 Å². The number of rotatable bonds is 8. The van der Waals surface area contributed by atoms with Gasteiger partial charge in [0.05, 0.1) is 6.61 Å². The van der Waals surface area contributed by atoms with Crippen molar-refractivity contribution in [3.05, 3.63) is 53.6 Å². The average molecular weight is 381 g/mol. The summed E-state index contributed by atoms with van der Waals surface area (Å²) in [5.41, 5.74) is 3.95. The summed E-state index contributed by atoms with van der Waals surface area (Å²) >= 11 is 0. The van der Waals surface area contributed by atoms with Crippen molar-refractivity contribution >= 4 is 5.91 Å². The van der Waals surface area contributed by atoms with Crippen LogP contribution in [0, 0.1) is 0 Å². The summed E-state index contributed by atoms with van der Waals surface area (Å²) in [5, 5.41) is 3.13. The molecule has 4 nitrogen and oxygen atoms in total. The van der Waals surface area contributed by atoms with Crippen LogP contribution in [-0.2, 0) is 6.42 Å². The molecule has 0 bridgehead atoms. The van der Waals surface area contributed by atoms with Gasteiger partial charge in [-0.2, -0.15) is 0 Å². The zero-order valence-corrected chi connectivity index (χ0v) is 17.3. The lowest BCUT2D eigenvalue weighted by Gasteiger charge is -2.23. The molecule has 1 heterocycles. The van der Waals surface area contributed by atoms with Gasteiger partial charge < -0.3 is 10.1 Å². The van der Waals surface area contributed by atoms with Crippen molar-refractivity contribution in [2.75, 3.05) is 26.2 Å². The Labute approximate surface area is 168 Å². The van der Waals surface area contributed by atoms with Crippen LogP contribution in [0.4, 0.5) is 0 Å². The van der Waals surface area contributed by atoms with Crippen molar-refractivity contribution in [3.8, 4) is 16.9 Å². The van der Waals surface area contributed by atoms with E-state index >= 15 is 0 Å². The van der Waals surface area contributed by atoms with Crippen LogP contribution in [0.15, 0.2) is 42.5 Å². The molecule has 150 valence electrons. The Bertz CT molecular complexity index is 803. The SMILES string of the molecule is CCOc1c(CC)cccc1-c1cccc(C(=O)NC[C@@H]2CCCN2CC)c1. The molecule has 0 unspecified atom stereocenters. The molecular formula is C24H32N2O2. The van der Waals surface area contributed by atoms with Crippen LogP contribution < -0.4 is 10.1 Å². The van der Waals surface area contributed by atoms with E-state index in [0.29, 0.717) is 24.8 Å². The van der Waals surface area contributed by atoms with Gasteiger partial charge in [0.15, 0.2) is 0 Å². The highest BCUT2D eigenvalue weighted by Crippen LogP contribution is 2.34. The minimum absolute atomic E-state index is 0.00518. The first-order chi connectivity index (χ1) is 13.7. The van der Waals surface area contributed by atoms with Gasteiger partial charge in [0.2, 0.25) is 0 Å². The van der Waals surface area contributed by atoms with E-state index in [4.69, 9.17) is 4.74 Å². The van der Waals surface area contributed by atoms with Crippen molar-refractivity contribution in [1.82, 2.24) is 10.2 Å². The highest BCUT2D eigenvalue weighted by molar-refractivity contribution is 5.95. The van der Waals surface area contributed by atoms with Gasteiger partial charge in [-0.25, -0.2) is 0 Å². The Morgan fingerprint density at radius 3 is 2.75 bits per heavy atom. The molecule has 0 saturated carbocycles. The second-order valence-corrected chi connectivity index (χ2v) is 7.30. The lowest BCUT2D eigenvalue weighted by atomic mass is 9.98. The standard InChI is InChI=1S/C24H32N2O2/c1-4-18-10-8-14-22(23(18)28-6-3)19-11-7-12-20(16-19)24(27)25-17-21-13-9-15-26(21)5-2/h7-8,10-12,14,16,21H,4-6,9,13,15,17H2,1-3H3,(H,25,27)/t21-/m0/s1. The highest BCUT2D eigenvalue weighted by atomic mass is 16.5. The average Bonchev–Trinajstić information content (AvgIpc) is 3.20. The second kappa shape index (κ2) is 9.74. The van der Waals surface area contributed by atoms with Gasteiger partial charge in [-0.05, 0) is 62.5 Å². The minimum atomic E-state index is -0.00518. The smallest absolute Gasteiger partial charge is 0.251 e. The summed E-state index contributed by atoms with van der Waals surface area (Å²) in [7, 11) is 0. The number of amides is 1. The number of carbonyl (C=O) groups is 1. The Morgan fingerprint density at radius 1 is 1.18 bits per heavy atom. The molecule has 1 amide bonds. The maximum absolute atomic E-state index is 12.8. The van der Waals surface area contributed by atoms with Crippen LogP contribution in [0.5, 0.6) is 5.75 Å². The molecule has 1 fully saturated rings. The molecule has 0 radical (unpaired) electrons. The number of nitrogens with zero attached hydrogens (tertiary/aromatic N) is 1. The van der Waals surface area contributed by atoms with Crippen LogP contribution in [0.25, 0.3) is 11.1 Å². The Morgan fingerprint density at radius 2 is 2.00 bits per heavy atom. The first-order valence-electron chi connectivity index (χ1n) is 10.5. The molecule has 1 N–H and O–H groups in total. The first-order valence-corrected chi connectivity index (χ1v) is 10.5. The number of likely N-dealkylation sites (N-methyl/N-ethyl adjacent to an activating group) is 1. The molecule has 0 aromatic heterocycles. The maximum Gasteiger partial charge on any atom is 0.251 e. The van der Waals surface area contributed by atoms with Gasteiger partial charge in [-0.1, -0.05) is 44.2 Å². The van der Waals surface area contributed by atoms with Gasteiger partial charge in [-0.15, -0.1) is 0 Å². The molecular weight excluding hydrogens is 348 g/mol.